The van der Waals surface area contributed by atoms with Crippen molar-refractivity contribution in [2.45, 2.75) is 185 Å². The van der Waals surface area contributed by atoms with Crippen LogP contribution in [-0.2, 0) is 29.8 Å². The molecular weight excluding hydrogens is 847 g/mol. The Morgan fingerprint density at radius 1 is 0.908 bits per heavy atom. The Hall–Kier alpha value is -4.51. The summed E-state index contributed by atoms with van der Waals surface area (Å²) in [7, 11) is -3.01. The molecule has 0 saturated carbocycles. The van der Waals surface area contributed by atoms with Gasteiger partial charge in [-0.05, 0) is 47.9 Å². The van der Waals surface area contributed by atoms with Crippen LogP contribution in [-0.4, -0.2) is 65.9 Å². The number of para-hydroxylation sites is 1. The highest BCUT2D eigenvalue weighted by Gasteiger charge is 2.53. The summed E-state index contributed by atoms with van der Waals surface area (Å²) in [5.74, 6) is 2.07. The number of nitrogens with two attached hydrogens (primary N) is 1. The number of benzene rings is 2. The molecule has 15 heteroatoms. The number of imidazole rings is 1. The van der Waals surface area contributed by atoms with Crippen LogP contribution in [0.25, 0.3) is 11.2 Å². The molecule has 3 heterocycles. The zero-order valence-electron chi connectivity index (χ0n) is 38.5. The number of hydrogen-bond donors (Lipinski definition) is 2. The van der Waals surface area contributed by atoms with Crippen molar-refractivity contribution in [3.63, 3.8) is 0 Å². The molecule has 0 amide bonds. The standard InChI is InChI=1S/C50H71FN6O7P/c1-4-7-9-11-13-15-17-19-25-31-40(32-26-20-18-16-14-12-10-8-5-2)62-48(59)42(35-39-29-23-21-24-30-39)57(64-41-33-27-22-28-34-41)65(60)61-37-50(6-3)43(58)36-44(63-50)56-38-53-45-46(52)54-49(51)55-47(45)56/h3,21-24,27-30,33-34,38,40,42-44,58H,4-5,7-20,25-26,31-32,35-37H2,1-2H3,(H2,52,54,55)/q+1/t42-,43-,44+,50+/m0/s1. The number of carbonyl (C=O) groups is 1. The minimum atomic E-state index is -3.01. The first-order chi connectivity index (χ1) is 31.7. The molecule has 0 aliphatic carbocycles. The number of hydroxylamine groups is 1. The highest BCUT2D eigenvalue weighted by molar-refractivity contribution is 7.36. The first kappa shape index (κ1) is 51.5. The Bertz CT molecular complexity index is 2030. The van der Waals surface area contributed by atoms with Crippen molar-refractivity contribution in [2.24, 2.45) is 0 Å². The predicted octanol–water partition coefficient (Wildman–Crippen LogP) is 11.5. The zero-order valence-corrected chi connectivity index (χ0v) is 39.4. The van der Waals surface area contributed by atoms with Crippen LogP contribution in [0.4, 0.5) is 10.2 Å². The van der Waals surface area contributed by atoms with Crippen LogP contribution in [0.1, 0.15) is 160 Å². The van der Waals surface area contributed by atoms with E-state index in [0.717, 1.165) is 61.8 Å². The number of nitrogen functional groups attached to an aromatic ring is 1. The van der Waals surface area contributed by atoms with E-state index in [1.54, 1.807) is 24.3 Å². The first-order valence-corrected chi connectivity index (χ1v) is 25.2. The molecule has 1 unspecified atom stereocenters. The summed E-state index contributed by atoms with van der Waals surface area (Å²) in [4.78, 5) is 33.6. The molecule has 1 fully saturated rings. The van der Waals surface area contributed by atoms with E-state index in [9.17, 15) is 18.9 Å². The molecule has 4 aromatic rings. The van der Waals surface area contributed by atoms with Gasteiger partial charge in [0.05, 0.1) is 6.33 Å². The fourth-order valence-corrected chi connectivity index (χ4v) is 9.29. The molecule has 3 N–H and O–H groups in total. The minimum absolute atomic E-state index is 0.0469. The van der Waals surface area contributed by atoms with Crippen LogP contribution in [0.5, 0.6) is 5.75 Å². The lowest BCUT2D eigenvalue weighted by atomic mass is 9.99. The van der Waals surface area contributed by atoms with Gasteiger partial charge >= 0.3 is 20.2 Å². The Labute approximate surface area is 386 Å². The van der Waals surface area contributed by atoms with E-state index < -0.39 is 50.8 Å². The number of esters is 1. The van der Waals surface area contributed by atoms with Crippen molar-refractivity contribution >= 4 is 31.1 Å². The van der Waals surface area contributed by atoms with E-state index in [1.807, 2.05) is 36.4 Å². The van der Waals surface area contributed by atoms with Gasteiger partial charge in [0, 0.05) is 12.8 Å². The van der Waals surface area contributed by atoms with Crippen LogP contribution >= 0.6 is 8.18 Å². The summed E-state index contributed by atoms with van der Waals surface area (Å²) in [5, 5.41) is 11.4. The maximum Gasteiger partial charge on any atom is 0.653 e. The summed E-state index contributed by atoms with van der Waals surface area (Å²) < 4.78 is 48.9. The molecule has 1 aliphatic heterocycles. The molecule has 0 spiro atoms. The van der Waals surface area contributed by atoms with Crippen LogP contribution in [0.2, 0.25) is 0 Å². The van der Waals surface area contributed by atoms with Crippen molar-refractivity contribution in [3.8, 4) is 18.1 Å². The second-order valence-corrected chi connectivity index (χ2v) is 18.4. The van der Waals surface area contributed by atoms with E-state index in [0.29, 0.717) is 5.75 Å². The predicted molar refractivity (Wildman–Crippen MR) is 252 cm³/mol. The number of unbranched alkanes of at least 4 members (excludes halogenated alkanes) is 16. The molecule has 65 heavy (non-hydrogen) atoms. The monoisotopic (exact) mass is 918 g/mol. The number of aromatic nitrogens is 4. The average Bonchev–Trinajstić information content (AvgIpc) is 3.89. The van der Waals surface area contributed by atoms with E-state index in [1.165, 1.54) is 87.9 Å². The van der Waals surface area contributed by atoms with Crippen molar-refractivity contribution < 1.29 is 37.7 Å². The zero-order chi connectivity index (χ0) is 46.3. The summed E-state index contributed by atoms with van der Waals surface area (Å²) in [6, 6.07) is 16.9. The van der Waals surface area contributed by atoms with Crippen LogP contribution in [0.3, 0.4) is 0 Å². The van der Waals surface area contributed by atoms with Crippen LogP contribution in [0, 0.1) is 18.4 Å². The Balaban J connectivity index is 1.33. The van der Waals surface area contributed by atoms with Crippen molar-refractivity contribution in [3.05, 3.63) is 78.6 Å². The van der Waals surface area contributed by atoms with Gasteiger partial charge in [-0.15, -0.1) is 10.9 Å². The van der Waals surface area contributed by atoms with E-state index in [-0.39, 0.29) is 35.9 Å². The Morgan fingerprint density at radius 3 is 2.03 bits per heavy atom. The lowest BCUT2D eigenvalue weighted by Crippen LogP contribution is -2.45. The summed E-state index contributed by atoms with van der Waals surface area (Å²) in [6.45, 7) is 3.91. The second-order valence-electron chi connectivity index (χ2n) is 17.3. The number of halogens is 1. The van der Waals surface area contributed by atoms with Gasteiger partial charge in [-0.2, -0.15) is 14.4 Å². The Kier molecular flexibility index (Phi) is 22.1. The van der Waals surface area contributed by atoms with Gasteiger partial charge in [-0.1, -0.05) is 171 Å². The quantitative estimate of drug-likeness (QED) is 0.0119. The lowest BCUT2D eigenvalue weighted by molar-refractivity contribution is -0.162. The largest absolute Gasteiger partial charge is 0.653 e. The lowest BCUT2D eigenvalue weighted by Gasteiger charge is -2.26. The Morgan fingerprint density at radius 2 is 1.46 bits per heavy atom. The van der Waals surface area contributed by atoms with Crippen molar-refractivity contribution in [1.82, 2.24) is 24.4 Å². The number of fused-ring (bicyclic) bond motifs is 1. The molecule has 0 bridgehead atoms. The maximum absolute atomic E-state index is 14.7. The van der Waals surface area contributed by atoms with Gasteiger partial charge < -0.3 is 25.2 Å². The molecule has 2 aromatic carbocycles. The number of aliphatic hydroxyl groups is 1. The molecule has 1 aliphatic rings. The number of hydrogen-bond acceptors (Lipinski definition) is 11. The molecule has 5 rings (SSSR count). The van der Waals surface area contributed by atoms with E-state index >= 15 is 0 Å². The fourth-order valence-electron chi connectivity index (χ4n) is 8.31. The molecule has 0 radical (unpaired) electrons. The summed E-state index contributed by atoms with van der Waals surface area (Å²) in [6.07, 6.45) is 26.6. The molecule has 13 nitrogen and oxygen atoms in total. The highest BCUT2D eigenvalue weighted by atomic mass is 31.1. The first-order valence-electron chi connectivity index (χ1n) is 24.0. The SMILES string of the molecule is C#C[C@]1(CO[P+](=O)N(Oc2ccccc2)[C@@H](Cc2ccccc2)C(=O)OC(CCCCCCCCCCC)CCCCCCCCCCC)O[C@@H](n2cnc3c(N)nc(F)nc32)C[C@@H]1O. The van der Waals surface area contributed by atoms with Gasteiger partial charge in [-0.3, -0.25) is 9.36 Å². The summed E-state index contributed by atoms with van der Waals surface area (Å²) in [5.41, 5.74) is 5.05. The number of ether oxygens (including phenoxy) is 2. The third-order valence-corrected chi connectivity index (χ3v) is 13.2. The van der Waals surface area contributed by atoms with E-state index in [2.05, 4.69) is 34.7 Å². The summed E-state index contributed by atoms with van der Waals surface area (Å²) >= 11 is 0. The van der Waals surface area contributed by atoms with E-state index in [4.69, 9.17) is 31.0 Å². The number of carbonyl (C=O) groups excluding carboxylic acids is 1. The van der Waals surface area contributed by atoms with Gasteiger partial charge in [0.15, 0.2) is 34.4 Å². The van der Waals surface area contributed by atoms with Crippen LogP contribution < -0.4 is 10.6 Å². The van der Waals surface area contributed by atoms with Crippen LogP contribution in [0.15, 0.2) is 67.0 Å². The number of nitrogens with zero attached hydrogens (tertiary/aromatic N) is 5. The topological polar surface area (TPSA) is 164 Å². The van der Waals surface area contributed by atoms with Gasteiger partial charge in [0.25, 0.3) is 0 Å². The molecule has 5 atom stereocenters. The van der Waals surface area contributed by atoms with Gasteiger partial charge in [-0.25, -0.2) is 4.98 Å². The molecular formula is C50H71FN6O7P+. The number of rotatable bonds is 32. The highest BCUT2D eigenvalue weighted by Crippen LogP contribution is 2.42. The van der Waals surface area contributed by atoms with Crippen molar-refractivity contribution in [2.75, 3.05) is 12.3 Å². The molecule has 2 aromatic heterocycles. The minimum Gasteiger partial charge on any atom is -0.461 e. The number of aliphatic hydroxyl groups excluding tert-OH is 1. The van der Waals surface area contributed by atoms with Gasteiger partial charge in [0.2, 0.25) is 0 Å². The normalized spacial score (nSPS) is 18.0. The number of terminal acetylenes is 1. The van der Waals surface area contributed by atoms with Gasteiger partial charge in [0.1, 0.15) is 29.9 Å². The molecule has 354 valence electrons. The third-order valence-electron chi connectivity index (χ3n) is 12.1. The fraction of sp³-hybridized carbons (Fsp3) is 0.600. The third kappa shape index (κ3) is 16.1. The smallest absolute Gasteiger partial charge is 0.461 e. The number of anilines is 1. The second kappa shape index (κ2) is 27.8. The van der Waals surface area contributed by atoms with Crippen molar-refractivity contribution in [1.29, 1.82) is 0 Å². The average molecular weight is 918 g/mol. The molecule has 1 saturated heterocycles. The maximum atomic E-state index is 14.7.